The molecule has 2 atom stereocenters. The fraction of sp³-hybridized carbons (Fsp3) is 0.211. The Kier molecular flexibility index (Phi) is 3.15. The molecule has 5 nitrogen and oxygen atoms in total. The van der Waals surface area contributed by atoms with E-state index in [0.717, 1.165) is 5.56 Å². The van der Waals surface area contributed by atoms with Crippen LogP contribution in [0.2, 0.25) is 0 Å². The fourth-order valence-corrected chi connectivity index (χ4v) is 3.02. The first-order valence-electron chi connectivity index (χ1n) is 7.78. The average Bonchev–Trinajstić information content (AvgIpc) is 3.31. The van der Waals surface area contributed by atoms with E-state index in [1.54, 1.807) is 31.2 Å². The second kappa shape index (κ2) is 5.11. The lowest BCUT2D eigenvalue weighted by atomic mass is 9.94. The minimum absolute atomic E-state index is 0.191. The zero-order chi connectivity index (χ0) is 16.9. The summed E-state index contributed by atoms with van der Waals surface area (Å²) in [7, 11) is 0. The highest BCUT2D eigenvalue weighted by Gasteiger charge is 2.72. The van der Waals surface area contributed by atoms with Crippen LogP contribution in [0.3, 0.4) is 0 Å². The second-order valence-electron chi connectivity index (χ2n) is 6.10. The average molecular weight is 320 g/mol. The topological polar surface area (TPSA) is 62.3 Å². The summed E-state index contributed by atoms with van der Waals surface area (Å²) >= 11 is 0. The van der Waals surface area contributed by atoms with Crippen molar-refractivity contribution < 1.29 is 14.3 Å². The zero-order valence-corrected chi connectivity index (χ0v) is 13.4. The lowest BCUT2D eigenvalue weighted by molar-refractivity contribution is -0.120. The number of Topliss-reactive ketones (excluding diaryl/α,β-unsaturated/α-hetero) is 1. The summed E-state index contributed by atoms with van der Waals surface area (Å²) in [6, 6.07) is 16.4. The number of carbonyl (C=O) groups is 2. The molecule has 2 heterocycles. The van der Waals surface area contributed by atoms with Crippen molar-refractivity contribution in [1.29, 1.82) is 0 Å². The Bertz CT molecular complexity index is 858. The molecule has 2 aliphatic rings. The number of aryl methyl sites for hydroxylation is 1. The number of rotatable bonds is 3. The molecule has 24 heavy (non-hydrogen) atoms. The maximum absolute atomic E-state index is 12.9. The molecule has 1 amide bonds. The minimum atomic E-state index is -1.24. The predicted octanol–water partition coefficient (Wildman–Crippen LogP) is 2.74. The third-order valence-electron chi connectivity index (χ3n) is 4.49. The summed E-state index contributed by atoms with van der Waals surface area (Å²) in [5.41, 5.74) is 1.58. The van der Waals surface area contributed by atoms with E-state index in [1.165, 1.54) is 5.01 Å². The molecule has 120 valence electrons. The normalized spacial score (nSPS) is 25.1. The van der Waals surface area contributed by atoms with Gasteiger partial charge in [0, 0.05) is 5.56 Å². The van der Waals surface area contributed by atoms with Crippen LogP contribution in [0, 0.1) is 6.92 Å². The van der Waals surface area contributed by atoms with Crippen LogP contribution in [-0.4, -0.2) is 29.1 Å². The molecule has 2 aliphatic heterocycles. The van der Waals surface area contributed by atoms with Crippen molar-refractivity contribution in [2.75, 3.05) is 5.01 Å². The van der Waals surface area contributed by atoms with Gasteiger partial charge in [0.25, 0.3) is 5.91 Å². The SMILES string of the molecule is CC1=NN(c2ccc(C)cc2)C(=O)C12OC2C(=O)c1ccccc1. The molecule has 1 fully saturated rings. The van der Waals surface area contributed by atoms with Gasteiger partial charge in [-0.05, 0) is 26.0 Å². The van der Waals surface area contributed by atoms with Crippen molar-refractivity contribution in [1.82, 2.24) is 0 Å². The number of amides is 1. The molecule has 4 rings (SSSR count). The highest BCUT2D eigenvalue weighted by Crippen LogP contribution is 2.46. The summed E-state index contributed by atoms with van der Waals surface area (Å²) in [5, 5.41) is 5.66. The van der Waals surface area contributed by atoms with Crippen molar-refractivity contribution >= 4 is 23.1 Å². The van der Waals surface area contributed by atoms with E-state index in [9.17, 15) is 9.59 Å². The number of nitrogens with zero attached hydrogens (tertiary/aromatic N) is 2. The predicted molar refractivity (Wildman–Crippen MR) is 90.2 cm³/mol. The molecule has 0 aliphatic carbocycles. The van der Waals surface area contributed by atoms with Crippen LogP contribution in [0.1, 0.15) is 22.8 Å². The van der Waals surface area contributed by atoms with Crippen LogP contribution in [0.25, 0.3) is 0 Å². The number of hydrogen-bond donors (Lipinski definition) is 0. The van der Waals surface area contributed by atoms with E-state index >= 15 is 0 Å². The highest BCUT2D eigenvalue weighted by molar-refractivity contribution is 6.28. The minimum Gasteiger partial charge on any atom is -0.341 e. The van der Waals surface area contributed by atoms with Gasteiger partial charge in [-0.3, -0.25) is 9.59 Å². The number of hydrazone groups is 1. The Morgan fingerprint density at radius 2 is 1.75 bits per heavy atom. The van der Waals surface area contributed by atoms with Crippen molar-refractivity contribution in [3.63, 3.8) is 0 Å². The highest BCUT2D eigenvalue weighted by atomic mass is 16.6. The first-order valence-corrected chi connectivity index (χ1v) is 7.78. The standard InChI is InChI=1S/C19H16N2O3/c1-12-8-10-15(11-9-12)21-18(23)19(13(2)20-21)17(24-19)16(22)14-6-4-3-5-7-14/h3-11,17H,1-2H3. The van der Waals surface area contributed by atoms with Crippen molar-refractivity contribution in [2.45, 2.75) is 25.6 Å². The Morgan fingerprint density at radius 1 is 1.08 bits per heavy atom. The molecule has 0 radical (unpaired) electrons. The van der Waals surface area contributed by atoms with E-state index in [0.29, 0.717) is 17.0 Å². The van der Waals surface area contributed by atoms with Crippen LogP contribution in [0.15, 0.2) is 59.7 Å². The lowest BCUT2D eigenvalue weighted by Crippen LogP contribution is -2.38. The number of epoxide rings is 1. The van der Waals surface area contributed by atoms with Gasteiger partial charge in [-0.1, -0.05) is 48.0 Å². The fourth-order valence-electron chi connectivity index (χ4n) is 3.02. The van der Waals surface area contributed by atoms with Crippen molar-refractivity contribution in [3.05, 3.63) is 65.7 Å². The van der Waals surface area contributed by atoms with Gasteiger partial charge in [0.05, 0.1) is 11.4 Å². The van der Waals surface area contributed by atoms with E-state index in [-0.39, 0.29) is 11.7 Å². The Labute approximate surface area is 139 Å². The third kappa shape index (κ3) is 2.02. The lowest BCUT2D eigenvalue weighted by Gasteiger charge is -2.12. The maximum atomic E-state index is 12.9. The first kappa shape index (κ1) is 14.8. The number of anilines is 1. The monoisotopic (exact) mass is 320 g/mol. The van der Waals surface area contributed by atoms with Gasteiger partial charge >= 0.3 is 0 Å². The van der Waals surface area contributed by atoms with Crippen LogP contribution >= 0.6 is 0 Å². The number of ketones is 1. The number of hydrogen-bond acceptors (Lipinski definition) is 4. The van der Waals surface area contributed by atoms with E-state index in [2.05, 4.69) is 5.10 Å². The van der Waals surface area contributed by atoms with Crippen LogP contribution in [0.5, 0.6) is 0 Å². The maximum Gasteiger partial charge on any atom is 0.288 e. The van der Waals surface area contributed by atoms with Crippen molar-refractivity contribution in [3.8, 4) is 0 Å². The molecule has 0 aromatic heterocycles. The summed E-state index contributed by atoms with van der Waals surface area (Å²) in [6.07, 6.45) is -0.799. The summed E-state index contributed by atoms with van der Waals surface area (Å²) in [4.78, 5) is 25.5. The number of ether oxygens (including phenoxy) is 1. The molecule has 5 heteroatoms. The van der Waals surface area contributed by atoms with Crippen LogP contribution < -0.4 is 5.01 Å². The largest absolute Gasteiger partial charge is 0.341 e. The van der Waals surface area contributed by atoms with E-state index in [4.69, 9.17) is 4.74 Å². The van der Waals surface area contributed by atoms with Gasteiger partial charge < -0.3 is 4.74 Å². The van der Waals surface area contributed by atoms with Gasteiger partial charge in [-0.15, -0.1) is 0 Å². The first-order chi connectivity index (χ1) is 11.5. The number of carbonyl (C=O) groups excluding carboxylic acids is 2. The molecule has 1 saturated heterocycles. The molecule has 0 bridgehead atoms. The quantitative estimate of drug-likeness (QED) is 0.645. The van der Waals surface area contributed by atoms with E-state index in [1.807, 2.05) is 37.3 Å². The third-order valence-corrected chi connectivity index (χ3v) is 4.49. The second-order valence-corrected chi connectivity index (χ2v) is 6.10. The van der Waals surface area contributed by atoms with Crippen molar-refractivity contribution in [2.24, 2.45) is 5.10 Å². The van der Waals surface area contributed by atoms with Gasteiger partial charge in [0.2, 0.25) is 5.60 Å². The van der Waals surface area contributed by atoms with Crippen LogP contribution in [-0.2, 0) is 9.53 Å². The molecule has 2 aromatic carbocycles. The Morgan fingerprint density at radius 3 is 2.42 bits per heavy atom. The van der Waals surface area contributed by atoms with Gasteiger partial charge in [0.1, 0.15) is 0 Å². The van der Waals surface area contributed by atoms with Crippen LogP contribution in [0.4, 0.5) is 5.69 Å². The number of benzene rings is 2. The molecule has 0 N–H and O–H groups in total. The molecule has 1 spiro atoms. The molecule has 2 aromatic rings. The summed E-state index contributed by atoms with van der Waals surface area (Å²) in [5.74, 6) is -0.498. The molecule has 2 unspecified atom stereocenters. The zero-order valence-electron chi connectivity index (χ0n) is 13.4. The van der Waals surface area contributed by atoms with E-state index < -0.39 is 11.7 Å². The van der Waals surface area contributed by atoms with Gasteiger partial charge in [-0.25, -0.2) is 0 Å². The smallest absolute Gasteiger partial charge is 0.288 e. The summed E-state index contributed by atoms with van der Waals surface area (Å²) < 4.78 is 5.61. The molecular formula is C19H16N2O3. The van der Waals surface area contributed by atoms with Gasteiger partial charge in [-0.2, -0.15) is 10.1 Å². The molecular weight excluding hydrogens is 304 g/mol. The Hall–Kier alpha value is -2.79. The Balaban J connectivity index is 1.62. The molecule has 0 saturated carbocycles. The summed E-state index contributed by atoms with van der Waals surface area (Å²) in [6.45, 7) is 3.70. The van der Waals surface area contributed by atoms with Gasteiger partial charge in [0.15, 0.2) is 11.9 Å².